The second-order valence-corrected chi connectivity index (χ2v) is 4.19. The molecule has 0 heterocycles. The molecule has 1 aliphatic carbocycles. The third-order valence-electron chi connectivity index (χ3n) is 3.03. The number of carbonyl (C=O) groups excluding carboxylic acids is 1. The van der Waals surface area contributed by atoms with Gasteiger partial charge >= 0.3 is 5.97 Å². The maximum absolute atomic E-state index is 11.6. The number of carboxylic acid groups (broad SMARTS) is 1. The van der Waals surface area contributed by atoms with Crippen LogP contribution >= 0.6 is 0 Å². The molecule has 1 rings (SSSR count). The zero-order valence-corrected chi connectivity index (χ0v) is 9.26. The van der Waals surface area contributed by atoms with E-state index in [0.29, 0.717) is 25.7 Å². The Bertz CT molecular complexity index is 283. The molecule has 90 valence electrons. The van der Waals surface area contributed by atoms with E-state index < -0.39 is 5.97 Å². The van der Waals surface area contributed by atoms with Crippen LogP contribution in [0.25, 0.3) is 0 Å². The van der Waals surface area contributed by atoms with Gasteiger partial charge in [0.05, 0.1) is 0 Å². The molecule has 4 heteroatoms. The van der Waals surface area contributed by atoms with Crippen LogP contribution in [0.4, 0.5) is 0 Å². The number of rotatable bonds is 6. The summed E-state index contributed by atoms with van der Waals surface area (Å²) in [6.07, 6.45) is 6.20. The number of allylic oxidation sites excluding steroid dienone is 1. The molecule has 0 bridgehead atoms. The number of ketones is 1. The van der Waals surface area contributed by atoms with E-state index in [1.54, 1.807) is 0 Å². The molecule has 4 nitrogen and oxygen atoms in total. The Morgan fingerprint density at radius 3 is 2.81 bits per heavy atom. The fraction of sp³-hybridized carbons (Fsp3) is 0.667. The summed E-state index contributed by atoms with van der Waals surface area (Å²) >= 11 is 0. The Hall–Kier alpha value is -1.16. The van der Waals surface area contributed by atoms with Crippen molar-refractivity contribution in [2.24, 2.45) is 11.8 Å². The fourth-order valence-corrected chi connectivity index (χ4v) is 2.20. The van der Waals surface area contributed by atoms with Crippen LogP contribution < -0.4 is 0 Å². The van der Waals surface area contributed by atoms with Gasteiger partial charge in [0.25, 0.3) is 0 Å². The molecule has 1 aliphatic rings. The number of Topliss-reactive ketones (excluding diaryl/α,β-unsaturated/α-hetero) is 1. The highest BCUT2D eigenvalue weighted by atomic mass is 16.4. The van der Waals surface area contributed by atoms with Gasteiger partial charge in [0.2, 0.25) is 0 Å². The highest BCUT2D eigenvalue weighted by Gasteiger charge is 2.34. The molecule has 16 heavy (non-hydrogen) atoms. The number of carboxylic acids is 1. The molecule has 0 aliphatic heterocycles. The predicted octanol–water partition coefficient (Wildman–Crippen LogP) is 1.39. The first-order valence-corrected chi connectivity index (χ1v) is 5.65. The van der Waals surface area contributed by atoms with Gasteiger partial charge in [0.1, 0.15) is 5.78 Å². The summed E-state index contributed by atoms with van der Waals surface area (Å²) in [7, 11) is 0. The average Bonchev–Trinajstić information content (AvgIpc) is 2.55. The lowest BCUT2D eigenvalue weighted by atomic mass is 9.89. The van der Waals surface area contributed by atoms with Gasteiger partial charge in [-0.15, -0.1) is 0 Å². The van der Waals surface area contributed by atoms with Gasteiger partial charge in [-0.25, -0.2) is 0 Å². The van der Waals surface area contributed by atoms with Crippen molar-refractivity contribution in [1.29, 1.82) is 0 Å². The number of hydrogen-bond donors (Lipinski definition) is 2. The van der Waals surface area contributed by atoms with Crippen LogP contribution in [0.3, 0.4) is 0 Å². The Kier molecular flexibility index (Phi) is 5.19. The van der Waals surface area contributed by atoms with Crippen molar-refractivity contribution in [2.75, 3.05) is 6.61 Å². The highest BCUT2D eigenvalue weighted by Crippen LogP contribution is 2.33. The van der Waals surface area contributed by atoms with E-state index in [1.807, 2.05) is 12.2 Å². The van der Waals surface area contributed by atoms with Crippen molar-refractivity contribution >= 4 is 11.8 Å². The van der Waals surface area contributed by atoms with E-state index >= 15 is 0 Å². The SMILES string of the molecule is O=C(O)CC1CCC(=O)C1C/C=C\CCO. The normalized spacial score (nSPS) is 25.4. The molecule has 1 saturated carbocycles. The smallest absolute Gasteiger partial charge is 0.303 e. The van der Waals surface area contributed by atoms with E-state index in [-0.39, 0.29) is 30.6 Å². The zero-order valence-electron chi connectivity index (χ0n) is 9.26. The minimum absolute atomic E-state index is 0.0104. The summed E-state index contributed by atoms with van der Waals surface area (Å²) in [6, 6.07) is 0. The quantitative estimate of drug-likeness (QED) is 0.671. The molecule has 0 saturated heterocycles. The third-order valence-corrected chi connectivity index (χ3v) is 3.03. The number of aliphatic hydroxyl groups excluding tert-OH is 1. The minimum atomic E-state index is -0.830. The van der Waals surface area contributed by atoms with Crippen LogP contribution in [0.1, 0.15) is 32.1 Å². The summed E-state index contributed by atoms with van der Waals surface area (Å²) in [4.78, 5) is 22.2. The van der Waals surface area contributed by atoms with Gasteiger partial charge in [-0.05, 0) is 25.2 Å². The Labute approximate surface area is 95.0 Å². The molecule has 0 aromatic rings. The van der Waals surface area contributed by atoms with Gasteiger partial charge < -0.3 is 10.2 Å². The average molecular weight is 226 g/mol. The standard InChI is InChI=1S/C12H18O4/c13-7-3-1-2-4-10-9(8-12(15)16)5-6-11(10)14/h1-2,9-10,13H,3-8H2,(H,15,16)/b2-1-. The van der Waals surface area contributed by atoms with Crippen molar-refractivity contribution in [1.82, 2.24) is 0 Å². The van der Waals surface area contributed by atoms with E-state index in [0.717, 1.165) is 0 Å². The molecule has 0 amide bonds. The van der Waals surface area contributed by atoms with E-state index in [2.05, 4.69) is 0 Å². The van der Waals surface area contributed by atoms with E-state index in [1.165, 1.54) is 0 Å². The van der Waals surface area contributed by atoms with Crippen LogP contribution in [-0.2, 0) is 9.59 Å². The molecule has 0 aromatic carbocycles. The second-order valence-electron chi connectivity index (χ2n) is 4.19. The lowest BCUT2D eigenvalue weighted by molar-refractivity contribution is -0.138. The first kappa shape index (κ1) is 12.9. The van der Waals surface area contributed by atoms with Crippen molar-refractivity contribution in [2.45, 2.75) is 32.1 Å². The molecule has 0 aromatic heterocycles. The topological polar surface area (TPSA) is 74.6 Å². The number of aliphatic hydroxyl groups is 1. The zero-order chi connectivity index (χ0) is 12.0. The highest BCUT2D eigenvalue weighted by molar-refractivity contribution is 5.84. The lowest BCUT2D eigenvalue weighted by Crippen LogP contribution is -2.17. The predicted molar refractivity (Wildman–Crippen MR) is 58.9 cm³/mol. The van der Waals surface area contributed by atoms with Crippen molar-refractivity contribution in [3.05, 3.63) is 12.2 Å². The minimum Gasteiger partial charge on any atom is -0.481 e. The van der Waals surface area contributed by atoms with Crippen molar-refractivity contribution in [3.63, 3.8) is 0 Å². The number of carbonyl (C=O) groups is 2. The fourth-order valence-electron chi connectivity index (χ4n) is 2.20. The van der Waals surface area contributed by atoms with E-state index in [9.17, 15) is 9.59 Å². The first-order chi connectivity index (χ1) is 7.65. The van der Waals surface area contributed by atoms with Crippen molar-refractivity contribution < 1.29 is 19.8 Å². The second kappa shape index (κ2) is 6.43. The maximum atomic E-state index is 11.6. The van der Waals surface area contributed by atoms with Crippen LogP contribution in [-0.4, -0.2) is 28.6 Å². The summed E-state index contributed by atoms with van der Waals surface area (Å²) in [6.45, 7) is 0.105. The Morgan fingerprint density at radius 1 is 1.44 bits per heavy atom. The molecule has 0 radical (unpaired) electrons. The van der Waals surface area contributed by atoms with Crippen LogP contribution in [0.2, 0.25) is 0 Å². The van der Waals surface area contributed by atoms with Gasteiger partial charge in [-0.3, -0.25) is 9.59 Å². The van der Waals surface area contributed by atoms with Gasteiger partial charge in [-0.1, -0.05) is 12.2 Å². The molecule has 2 unspecified atom stereocenters. The monoisotopic (exact) mass is 226 g/mol. The Morgan fingerprint density at radius 2 is 2.19 bits per heavy atom. The first-order valence-electron chi connectivity index (χ1n) is 5.65. The summed E-state index contributed by atoms with van der Waals surface area (Å²) < 4.78 is 0. The number of hydrogen-bond acceptors (Lipinski definition) is 3. The largest absolute Gasteiger partial charge is 0.481 e. The Balaban J connectivity index is 2.46. The summed E-state index contributed by atoms with van der Waals surface area (Å²) in [5.74, 6) is -0.793. The maximum Gasteiger partial charge on any atom is 0.303 e. The van der Waals surface area contributed by atoms with Crippen LogP contribution in [0.5, 0.6) is 0 Å². The van der Waals surface area contributed by atoms with Crippen LogP contribution in [0, 0.1) is 11.8 Å². The lowest BCUT2D eigenvalue weighted by Gasteiger charge is -2.14. The van der Waals surface area contributed by atoms with Crippen molar-refractivity contribution in [3.8, 4) is 0 Å². The third kappa shape index (κ3) is 3.77. The van der Waals surface area contributed by atoms with E-state index in [4.69, 9.17) is 10.2 Å². The summed E-state index contributed by atoms with van der Waals surface area (Å²) in [5, 5.41) is 17.3. The molecular formula is C12H18O4. The molecular weight excluding hydrogens is 208 g/mol. The van der Waals surface area contributed by atoms with Gasteiger partial charge in [0, 0.05) is 25.4 Å². The molecule has 0 spiro atoms. The van der Waals surface area contributed by atoms with Crippen LogP contribution in [0.15, 0.2) is 12.2 Å². The number of aliphatic carboxylic acids is 1. The molecule has 2 N–H and O–H groups in total. The molecule has 2 atom stereocenters. The van der Waals surface area contributed by atoms with Gasteiger partial charge in [0.15, 0.2) is 0 Å². The molecule has 1 fully saturated rings. The summed E-state index contributed by atoms with van der Waals surface area (Å²) in [5.41, 5.74) is 0. The van der Waals surface area contributed by atoms with Gasteiger partial charge in [-0.2, -0.15) is 0 Å².